The summed E-state index contributed by atoms with van der Waals surface area (Å²) in [6.07, 6.45) is 8.46. The van der Waals surface area contributed by atoms with E-state index in [9.17, 15) is 0 Å². The molecule has 0 amide bonds. The molecule has 0 aliphatic carbocycles. The van der Waals surface area contributed by atoms with Crippen LogP contribution in [0.25, 0.3) is 0 Å². The molecule has 0 saturated carbocycles. The van der Waals surface area contributed by atoms with Crippen LogP contribution < -0.4 is 5.32 Å². The molecular formula is C13H26N2. The van der Waals surface area contributed by atoms with Crippen molar-refractivity contribution < 1.29 is 0 Å². The van der Waals surface area contributed by atoms with Crippen LogP contribution in [-0.2, 0) is 0 Å². The molecule has 2 heteroatoms. The van der Waals surface area contributed by atoms with Crippen molar-refractivity contribution in [3.05, 3.63) is 0 Å². The predicted octanol–water partition coefficient (Wildman–Crippen LogP) is 2.25. The average Bonchev–Trinajstić information content (AvgIpc) is 2.32. The van der Waals surface area contributed by atoms with E-state index in [1.165, 1.54) is 71.2 Å². The zero-order valence-electron chi connectivity index (χ0n) is 10.2. The maximum atomic E-state index is 3.49. The van der Waals surface area contributed by atoms with Crippen molar-refractivity contribution in [2.75, 3.05) is 32.7 Å². The Morgan fingerprint density at radius 2 is 1.73 bits per heavy atom. The van der Waals surface area contributed by atoms with E-state index in [0.717, 1.165) is 0 Å². The lowest BCUT2D eigenvalue weighted by molar-refractivity contribution is 0.0935. The largest absolute Gasteiger partial charge is 0.317 e. The van der Waals surface area contributed by atoms with Crippen LogP contribution in [-0.4, -0.2) is 37.6 Å². The standard InChI is InChI=1S/C13H26N2/c1-2-13(6-8-14-9-7-13)12-15-10-4-3-5-11-15/h14H,2-12H2,1H3. The van der Waals surface area contributed by atoms with Gasteiger partial charge in [-0.3, -0.25) is 0 Å². The van der Waals surface area contributed by atoms with Crippen LogP contribution in [0.5, 0.6) is 0 Å². The van der Waals surface area contributed by atoms with Crippen molar-refractivity contribution in [1.82, 2.24) is 10.2 Å². The molecule has 0 aromatic heterocycles. The van der Waals surface area contributed by atoms with Gasteiger partial charge in [0.25, 0.3) is 0 Å². The normalized spacial score (nSPS) is 27.8. The second kappa shape index (κ2) is 5.31. The van der Waals surface area contributed by atoms with Crippen molar-refractivity contribution in [2.24, 2.45) is 5.41 Å². The minimum absolute atomic E-state index is 0.641. The molecule has 0 radical (unpaired) electrons. The molecule has 2 saturated heterocycles. The van der Waals surface area contributed by atoms with E-state index in [-0.39, 0.29) is 0 Å². The van der Waals surface area contributed by atoms with Gasteiger partial charge in [0.15, 0.2) is 0 Å². The SMILES string of the molecule is CCC1(CN2CCCCC2)CCNCC1. The Hall–Kier alpha value is -0.0800. The third-order valence-corrected chi connectivity index (χ3v) is 4.42. The first kappa shape index (κ1) is 11.4. The molecule has 1 N–H and O–H groups in total. The second-order valence-electron chi connectivity index (χ2n) is 5.44. The Morgan fingerprint density at radius 1 is 1.07 bits per heavy atom. The van der Waals surface area contributed by atoms with Crippen LogP contribution in [0.15, 0.2) is 0 Å². The summed E-state index contributed by atoms with van der Waals surface area (Å²) in [5, 5.41) is 3.49. The number of likely N-dealkylation sites (tertiary alicyclic amines) is 1. The molecule has 2 heterocycles. The lowest BCUT2D eigenvalue weighted by Crippen LogP contribution is -2.45. The van der Waals surface area contributed by atoms with E-state index in [4.69, 9.17) is 0 Å². The van der Waals surface area contributed by atoms with E-state index in [0.29, 0.717) is 5.41 Å². The quantitative estimate of drug-likeness (QED) is 0.768. The minimum atomic E-state index is 0.641. The van der Waals surface area contributed by atoms with Crippen molar-refractivity contribution in [3.8, 4) is 0 Å². The second-order valence-corrected chi connectivity index (χ2v) is 5.44. The van der Waals surface area contributed by atoms with Crippen LogP contribution in [0.4, 0.5) is 0 Å². The Labute approximate surface area is 94.4 Å². The summed E-state index contributed by atoms with van der Waals surface area (Å²) in [7, 11) is 0. The molecule has 2 nitrogen and oxygen atoms in total. The van der Waals surface area contributed by atoms with E-state index in [2.05, 4.69) is 17.1 Å². The average molecular weight is 210 g/mol. The third kappa shape index (κ3) is 2.94. The van der Waals surface area contributed by atoms with Gasteiger partial charge in [0.1, 0.15) is 0 Å². The fourth-order valence-corrected chi connectivity index (χ4v) is 3.17. The highest BCUT2D eigenvalue weighted by molar-refractivity contribution is 4.87. The number of rotatable bonds is 3. The summed E-state index contributed by atoms with van der Waals surface area (Å²) in [5.74, 6) is 0. The van der Waals surface area contributed by atoms with Crippen LogP contribution in [0.2, 0.25) is 0 Å². The van der Waals surface area contributed by atoms with Gasteiger partial charge in [0, 0.05) is 6.54 Å². The molecule has 88 valence electrons. The zero-order valence-corrected chi connectivity index (χ0v) is 10.2. The molecule has 0 bridgehead atoms. The van der Waals surface area contributed by atoms with Crippen LogP contribution in [0.1, 0.15) is 45.4 Å². The molecule has 2 aliphatic heterocycles. The van der Waals surface area contributed by atoms with E-state index in [1.807, 2.05) is 0 Å². The lowest BCUT2D eigenvalue weighted by atomic mass is 9.76. The highest BCUT2D eigenvalue weighted by Gasteiger charge is 2.32. The highest BCUT2D eigenvalue weighted by Crippen LogP contribution is 2.34. The Bertz CT molecular complexity index is 179. The van der Waals surface area contributed by atoms with Crippen molar-refractivity contribution in [1.29, 1.82) is 0 Å². The molecule has 2 fully saturated rings. The molecule has 15 heavy (non-hydrogen) atoms. The van der Waals surface area contributed by atoms with E-state index >= 15 is 0 Å². The molecule has 2 rings (SSSR count). The van der Waals surface area contributed by atoms with Crippen molar-refractivity contribution >= 4 is 0 Å². The van der Waals surface area contributed by atoms with Gasteiger partial charge in [0.05, 0.1) is 0 Å². The Kier molecular flexibility index (Phi) is 4.04. The molecule has 0 aromatic rings. The third-order valence-electron chi connectivity index (χ3n) is 4.42. The van der Waals surface area contributed by atoms with Gasteiger partial charge in [-0.2, -0.15) is 0 Å². The summed E-state index contributed by atoms with van der Waals surface area (Å²) >= 11 is 0. The summed E-state index contributed by atoms with van der Waals surface area (Å²) in [5.41, 5.74) is 0.641. The number of hydrogen-bond donors (Lipinski definition) is 1. The summed E-state index contributed by atoms with van der Waals surface area (Å²) in [4.78, 5) is 2.72. The molecule has 0 unspecified atom stereocenters. The topological polar surface area (TPSA) is 15.3 Å². The fourth-order valence-electron chi connectivity index (χ4n) is 3.17. The van der Waals surface area contributed by atoms with Gasteiger partial charge in [-0.1, -0.05) is 13.3 Å². The lowest BCUT2D eigenvalue weighted by Gasteiger charge is -2.42. The van der Waals surface area contributed by atoms with Crippen molar-refractivity contribution in [3.63, 3.8) is 0 Å². The number of hydrogen-bond acceptors (Lipinski definition) is 2. The highest BCUT2D eigenvalue weighted by atomic mass is 15.1. The maximum absolute atomic E-state index is 3.49. The summed E-state index contributed by atoms with van der Waals surface area (Å²) in [6, 6.07) is 0. The molecule has 2 aliphatic rings. The van der Waals surface area contributed by atoms with Gasteiger partial charge in [-0.15, -0.1) is 0 Å². The van der Waals surface area contributed by atoms with E-state index < -0.39 is 0 Å². The van der Waals surface area contributed by atoms with Crippen LogP contribution >= 0.6 is 0 Å². The first-order valence-corrected chi connectivity index (χ1v) is 6.78. The molecule has 0 aromatic carbocycles. The van der Waals surface area contributed by atoms with Gasteiger partial charge in [-0.25, -0.2) is 0 Å². The van der Waals surface area contributed by atoms with E-state index in [1.54, 1.807) is 0 Å². The van der Waals surface area contributed by atoms with Crippen LogP contribution in [0, 0.1) is 5.41 Å². The van der Waals surface area contributed by atoms with Gasteiger partial charge < -0.3 is 10.2 Å². The summed E-state index contributed by atoms with van der Waals surface area (Å²) < 4.78 is 0. The summed E-state index contributed by atoms with van der Waals surface area (Å²) in [6.45, 7) is 8.94. The molecule has 0 atom stereocenters. The Morgan fingerprint density at radius 3 is 2.33 bits per heavy atom. The van der Waals surface area contributed by atoms with Gasteiger partial charge in [0.2, 0.25) is 0 Å². The number of nitrogens with zero attached hydrogens (tertiary/aromatic N) is 1. The predicted molar refractivity (Wildman–Crippen MR) is 65.1 cm³/mol. The maximum Gasteiger partial charge on any atom is 0.00388 e. The van der Waals surface area contributed by atoms with Gasteiger partial charge >= 0.3 is 0 Å². The molecular weight excluding hydrogens is 184 g/mol. The van der Waals surface area contributed by atoms with Crippen LogP contribution in [0.3, 0.4) is 0 Å². The van der Waals surface area contributed by atoms with Gasteiger partial charge in [-0.05, 0) is 63.7 Å². The smallest absolute Gasteiger partial charge is 0.00388 e. The number of nitrogens with one attached hydrogen (secondary N) is 1. The minimum Gasteiger partial charge on any atom is -0.317 e. The monoisotopic (exact) mass is 210 g/mol. The first-order valence-electron chi connectivity index (χ1n) is 6.78. The zero-order chi connectivity index (χ0) is 10.6. The Balaban J connectivity index is 1.87. The fraction of sp³-hybridized carbons (Fsp3) is 1.00. The molecule has 0 spiro atoms. The van der Waals surface area contributed by atoms with Crippen molar-refractivity contribution in [2.45, 2.75) is 45.4 Å². The first-order chi connectivity index (χ1) is 7.35. The number of piperidine rings is 2.